The first-order valence-corrected chi connectivity index (χ1v) is 8.71. The molecular formula is C14H18ClNO3S. The average molecular weight is 316 g/mol. The van der Waals surface area contributed by atoms with Crippen molar-refractivity contribution in [1.82, 2.24) is 4.72 Å². The fraction of sp³-hybridized carbons (Fsp3) is 0.571. The lowest BCUT2D eigenvalue weighted by Gasteiger charge is -2.22. The van der Waals surface area contributed by atoms with Crippen LogP contribution in [-0.2, 0) is 10.0 Å². The summed E-state index contributed by atoms with van der Waals surface area (Å²) in [5.74, 6) is 1.68. The number of rotatable bonds is 4. The first-order valence-electron chi connectivity index (χ1n) is 6.85. The molecule has 0 amide bonds. The van der Waals surface area contributed by atoms with Crippen LogP contribution in [0.3, 0.4) is 0 Å². The van der Waals surface area contributed by atoms with Crippen LogP contribution in [-0.4, -0.2) is 21.6 Å². The van der Waals surface area contributed by atoms with Crippen molar-refractivity contribution in [2.75, 3.05) is 7.11 Å². The summed E-state index contributed by atoms with van der Waals surface area (Å²) >= 11 is 6.00. The maximum absolute atomic E-state index is 12.4. The summed E-state index contributed by atoms with van der Waals surface area (Å²) in [6, 6.07) is 4.63. The van der Waals surface area contributed by atoms with Gasteiger partial charge in [-0.2, -0.15) is 0 Å². The molecule has 2 saturated carbocycles. The van der Waals surface area contributed by atoms with Gasteiger partial charge in [-0.3, -0.25) is 0 Å². The second-order valence-corrected chi connectivity index (χ2v) is 7.82. The van der Waals surface area contributed by atoms with Gasteiger partial charge in [-0.05, 0) is 49.3 Å². The molecule has 2 fully saturated rings. The minimum Gasteiger partial charge on any atom is -0.495 e. The Morgan fingerprint density at radius 1 is 1.30 bits per heavy atom. The number of ether oxygens (including phenoxy) is 1. The molecule has 0 spiro atoms. The monoisotopic (exact) mass is 315 g/mol. The van der Waals surface area contributed by atoms with Gasteiger partial charge < -0.3 is 4.74 Å². The highest BCUT2D eigenvalue weighted by Gasteiger charge is 2.41. The van der Waals surface area contributed by atoms with Crippen LogP contribution in [0.15, 0.2) is 23.1 Å². The van der Waals surface area contributed by atoms with Crippen molar-refractivity contribution >= 4 is 21.6 Å². The Morgan fingerprint density at radius 2 is 2.10 bits per heavy atom. The molecule has 0 saturated heterocycles. The molecule has 1 aromatic carbocycles. The lowest BCUT2D eigenvalue weighted by molar-refractivity contribution is 0.390. The number of hydrogen-bond acceptors (Lipinski definition) is 3. The number of halogens is 1. The van der Waals surface area contributed by atoms with Gasteiger partial charge >= 0.3 is 0 Å². The van der Waals surface area contributed by atoms with E-state index >= 15 is 0 Å². The molecule has 0 heterocycles. The topological polar surface area (TPSA) is 55.4 Å². The normalized spacial score (nSPS) is 28.8. The van der Waals surface area contributed by atoms with Crippen LogP contribution < -0.4 is 9.46 Å². The molecule has 0 aliphatic heterocycles. The lowest BCUT2D eigenvalue weighted by Crippen LogP contribution is -2.38. The number of sulfonamides is 1. The van der Waals surface area contributed by atoms with Crippen LogP contribution in [0.25, 0.3) is 0 Å². The van der Waals surface area contributed by atoms with Gasteiger partial charge in [0.25, 0.3) is 0 Å². The molecular weight excluding hydrogens is 298 g/mol. The van der Waals surface area contributed by atoms with Crippen molar-refractivity contribution in [3.8, 4) is 5.75 Å². The maximum Gasteiger partial charge on any atom is 0.240 e. The molecule has 0 unspecified atom stereocenters. The Kier molecular flexibility index (Phi) is 3.69. The van der Waals surface area contributed by atoms with Crippen molar-refractivity contribution in [2.45, 2.75) is 36.6 Å². The molecule has 2 aliphatic carbocycles. The van der Waals surface area contributed by atoms with Gasteiger partial charge in [0.2, 0.25) is 10.0 Å². The molecule has 6 heteroatoms. The van der Waals surface area contributed by atoms with Gasteiger partial charge in [-0.15, -0.1) is 0 Å². The fourth-order valence-electron chi connectivity index (χ4n) is 3.47. The Morgan fingerprint density at radius 3 is 2.65 bits per heavy atom. The lowest BCUT2D eigenvalue weighted by atomic mass is 9.96. The summed E-state index contributed by atoms with van der Waals surface area (Å²) in [5, 5.41) is 0.309. The van der Waals surface area contributed by atoms with Crippen LogP contribution >= 0.6 is 11.6 Å². The molecule has 0 aromatic heterocycles. The predicted molar refractivity (Wildman–Crippen MR) is 77.6 cm³/mol. The zero-order valence-corrected chi connectivity index (χ0v) is 12.9. The second-order valence-electron chi connectivity index (χ2n) is 5.70. The van der Waals surface area contributed by atoms with E-state index in [0.717, 1.165) is 19.3 Å². The van der Waals surface area contributed by atoms with Crippen LogP contribution in [0, 0.1) is 11.8 Å². The molecule has 0 radical (unpaired) electrons. The average Bonchev–Trinajstić information content (AvgIpc) is 3.00. The van der Waals surface area contributed by atoms with E-state index in [-0.39, 0.29) is 10.9 Å². The standard InChI is InChI=1S/C14H18ClNO3S/c1-19-14-5-4-11(8-12(14)15)20(17,18)16-13-7-9-2-3-10(13)6-9/h4-5,8-10,13,16H,2-3,6-7H2,1H3/t9-,10+,13-/m0/s1. The number of methoxy groups -OCH3 is 1. The van der Waals surface area contributed by atoms with Crippen LogP contribution in [0.4, 0.5) is 0 Å². The smallest absolute Gasteiger partial charge is 0.240 e. The third kappa shape index (κ3) is 2.54. The van der Waals surface area contributed by atoms with E-state index in [1.54, 1.807) is 6.07 Å². The van der Waals surface area contributed by atoms with E-state index in [1.165, 1.54) is 25.7 Å². The van der Waals surface area contributed by atoms with E-state index in [4.69, 9.17) is 16.3 Å². The minimum atomic E-state index is -3.50. The zero-order valence-electron chi connectivity index (χ0n) is 11.3. The van der Waals surface area contributed by atoms with Gasteiger partial charge in [0.15, 0.2) is 0 Å². The van der Waals surface area contributed by atoms with Crippen LogP contribution in [0.1, 0.15) is 25.7 Å². The molecule has 110 valence electrons. The van der Waals surface area contributed by atoms with Gasteiger partial charge in [-0.25, -0.2) is 13.1 Å². The number of nitrogens with one attached hydrogen (secondary N) is 1. The van der Waals surface area contributed by atoms with E-state index in [2.05, 4.69) is 4.72 Å². The fourth-order valence-corrected chi connectivity index (χ4v) is 5.14. The highest BCUT2D eigenvalue weighted by molar-refractivity contribution is 7.89. The first-order chi connectivity index (χ1) is 9.49. The number of hydrogen-bond donors (Lipinski definition) is 1. The van der Waals surface area contributed by atoms with Gasteiger partial charge in [0.05, 0.1) is 17.0 Å². The highest BCUT2D eigenvalue weighted by Crippen LogP contribution is 2.44. The van der Waals surface area contributed by atoms with Crippen molar-refractivity contribution in [2.24, 2.45) is 11.8 Å². The Labute approximate surface area is 124 Å². The molecule has 2 aliphatic rings. The molecule has 4 nitrogen and oxygen atoms in total. The third-order valence-electron chi connectivity index (χ3n) is 4.48. The van der Waals surface area contributed by atoms with E-state index in [9.17, 15) is 8.42 Å². The summed E-state index contributed by atoms with van der Waals surface area (Å²) in [6.45, 7) is 0. The molecule has 3 rings (SSSR count). The molecule has 3 atom stereocenters. The predicted octanol–water partition coefficient (Wildman–Crippen LogP) is 2.82. The van der Waals surface area contributed by atoms with Crippen molar-refractivity contribution in [3.63, 3.8) is 0 Å². The van der Waals surface area contributed by atoms with Crippen molar-refractivity contribution in [3.05, 3.63) is 23.2 Å². The summed E-state index contributed by atoms with van der Waals surface area (Å²) in [4.78, 5) is 0.200. The Hall–Kier alpha value is -0.780. The summed E-state index contributed by atoms with van der Waals surface area (Å²) in [6.07, 6.45) is 4.52. The summed E-state index contributed by atoms with van der Waals surface area (Å²) in [5.41, 5.74) is 0. The number of benzene rings is 1. The maximum atomic E-state index is 12.4. The number of fused-ring (bicyclic) bond motifs is 2. The van der Waals surface area contributed by atoms with E-state index in [0.29, 0.717) is 22.6 Å². The van der Waals surface area contributed by atoms with E-state index < -0.39 is 10.0 Å². The second kappa shape index (κ2) is 5.20. The zero-order chi connectivity index (χ0) is 14.3. The molecule has 1 aromatic rings. The van der Waals surface area contributed by atoms with Gasteiger partial charge in [0.1, 0.15) is 5.75 Å². The third-order valence-corrected chi connectivity index (χ3v) is 6.26. The van der Waals surface area contributed by atoms with Crippen LogP contribution in [0.5, 0.6) is 5.75 Å². The van der Waals surface area contributed by atoms with Crippen LogP contribution in [0.2, 0.25) is 5.02 Å². The minimum absolute atomic E-state index is 0.0830. The summed E-state index contributed by atoms with van der Waals surface area (Å²) in [7, 11) is -2.00. The molecule has 1 N–H and O–H groups in total. The van der Waals surface area contributed by atoms with Gasteiger partial charge in [-0.1, -0.05) is 18.0 Å². The molecule has 2 bridgehead atoms. The van der Waals surface area contributed by atoms with Crippen molar-refractivity contribution in [1.29, 1.82) is 0 Å². The Balaban J connectivity index is 1.79. The van der Waals surface area contributed by atoms with E-state index in [1.807, 2.05) is 0 Å². The van der Waals surface area contributed by atoms with Gasteiger partial charge in [0, 0.05) is 6.04 Å². The quantitative estimate of drug-likeness (QED) is 0.929. The van der Waals surface area contributed by atoms with Crippen molar-refractivity contribution < 1.29 is 13.2 Å². The first kappa shape index (κ1) is 14.2. The largest absolute Gasteiger partial charge is 0.495 e. The molecule has 20 heavy (non-hydrogen) atoms. The SMILES string of the molecule is COc1ccc(S(=O)(=O)N[C@H]2C[C@H]3CC[C@@H]2C3)cc1Cl. The Bertz CT molecular complexity index is 617. The summed E-state index contributed by atoms with van der Waals surface area (Å²) < 4.78 is 32.7. The highest BCUT2D eigenvalue weighted by atomic mass is 35.5.